The normalized spacial score (nSPS) is 12.8. The third-order valence-electron chi connectivity index (χ3n) is 3.54. The van der Waals surface area contributed by atoms with Crippen LogP contribution in [0.5, 0.6) is 0 Å². The Kier molecular flexibility index (Phi) is 3.70. The van der Waals surface area contributed by atoms with Gasteiger partial charge in [0.1, 0.15) is 5.82 Å². The molecule has 108 valence electrons. The van der Waals surface area contributed by atoms with Crippen LogP contribution in [0.4, 0.5) is 0 Å². The first-order valence-corrected chi connectivity index (χ1v) is 7.34. The molecular formula is C17H17ClN2O. The van der Waals surface area contributed by atoms with E-state index in [0.717, 1.165) is 28.0 Å². The van der Waals surface area contributed by atoms with Crippen molar-refractivity contribution in [1.82, 2.24) is 9.55 Å². The van der Waals surface area contributed by atoms with E-state index in [0.29, 0.717) is 11.6 Å². The first-order valence-electron chi connectivity index (χ1n) is 6.96. The monoisotopic (exact) mass is 300 g/mol. The van der Waals surface area contributed by atoms with Crippen LogP contribution in [0, 0.1) is 6.92 Å². The van der Waals surface area contributed by atoms with Gasteiger partial charge in [-0.15, -0.1) is 0 Å². The van der Waals surface area contributed by atoms with Gasteiger partial charge in [0, 0.05) is 5.56 Å². The minimum absolute atomic E-state index is 0.454. The van der Waals surface area contributed by atoms with Gasteiger partial charge < -0.3 is 9.67 Å². The smallest absolute Gasteiger partial charge is 0.142 e. The number of fused-ring (bicyclic) bond motifs is 1. The van der Waals surface area contributed by atoms with Gasteiger partial charge in [-0.2, -0.15) is 0 Å². The zero-order valence-electron chi connectivity index (χ0n) is 12.0. The molecule has 0 radical (unpaired) electrons. The summed E-state index contributed by atoms with van der Waals surface area (Å²) in [6.07, 6.45) is -0.454. The molecule has 3 rings (SSSR count). The van der Waals surface area contributed by atoms with Crippen molar-refractivity contribution in [3.63, 3.8) is 0 Å². The Labute approximate surface area is 128 Å². The first kappa shape index (κ1) is 14.1. The van der Waals surface area contributed by atoms with E-state index in [4.69, 9.17) is 16.6 Å². The third kappa shape index (κ3) is 2.55. The van der Waals surface area contributed by atoms with Gasteiger partial charge in [-0.05, 0) is 37.6 Å². The van der Waals surface area contributed by atoms with E-state index in [1.807, 2.05) is 54.0 Å². The second kappa shape index (κ2) is 5.51. The molecule has 21 heavy (non-hydrogen) atoms. The summed E-state index contributed by atoms with van der Waals surface area (Å²) in [5, 5.41) is 10.5. The molecule has 1 aromatic heterocycles. The molecule has 3 nitrogen and oxygen atoms in total. The summed E-state index contributed by atoms with van der Waals surface area (Å²) in [6.45, 7) is 4.30. The summed E-state index contributed by atoms with van der Waals surface area (Å²) in [7, 11) is 0. The van der Waals surface area contributed by atoms with Gasteiger partial charge >= 0.3 is 0 Å². The lowest BCUT2D eigenvalue weighted by Crippen LogP contribution is -2.12. The maximum atomic E-state index is 9.81. The molecule has 0 aliphatic rings. The van der Waals surface area contributed by atoms with Crippen molar-refractivity contribution in [3.8, 4) is 11.4 Å². The third-order valence-corrected chi connectivity index (χ3v) is 3.87. The van der Waals surface area contributed by atoms with E-state index in [1.54, 1.807) is 6.92 Å². The van der Waals surface area contributed by atoms with Gasteiger partial charge in [0.05, 0.1) is 28.7 Å². The molecule has 0 bridgehead atoms. The van der Waals surface area contributed by atoms with Gasteiger partial charge in [0.25, 0.3) is 0 Å². The summed E-state index contributed by atoms with van der Waals surface area (Å²) >= 11 is 6.32. The van der Waals surface area contributed by atoms with Gasteiger partial charge in [-0.1, -0.05) is 35.9 Å². The van der Waals surface area contributed by atoms with Crippen LogP contribution in [0.1, 0.15) is 12.5 Å². The highest BCUT2D eigenvalue weighted by molar-refractivity contribution is 6.33. The number of rotatable bonds is 3. The number of aliphatic hydroxyl groups is 1. The van der Waals surface area contributed by atoms with Crippen LogP contribution in [-0.2, 0) is 6.54 Å². The summed E-state index contributed by atoms with van der Waals surface area (Å²) in [5.41, 5.74) is 3.97. The van der Waals surface area contributed by atoms with E-state index in [9.17, 15) is 5.11 Å². The number of halogens is 1. The van der Waals surface area contributed by atoms with Gasteiger partial charge in [-0.3, -0.25) is 0 Å². The maximum Gasteiger partial charge on any atom is 0.142 e. The largest absolute Gasteiger partial charge is 0.392 e. The molecule has 0 fully saturated rings. The maximum absolute atomic E-state index is 9.81. The van der Waals surface area contributed by atoms with Crippen molar-refractivity contribution in [2.24, 2.45) is 0 Å². The number of imidazole rings is 1. The molecule has 3 aromatic rings. The van der Waals surface area contributed by atoms with Crippen LogP contribution in [0.3, 0.4) is 0 Å². The Bertz CT molecular complexity index is 793. The molecule has 0 amide bonds. The van der Waals surface area contributed by atoms with E-state index >= 15 is 0 Å². The molecule has 4 heteroatoms. The second-order valence-corrected chi connectivity index (χ2v) is 5.72. The average molecular weight is 301 g/mol. The zero-order chi connectivity index (χ0) is 15.0. The number of para-hydroxylation sites is 1. The van der Waals surface area contributed by atoms with Crippen molar-refractivity contribution in [2.75, 3.05) is 0 Å². The first-order chi connectivity index (χ1) is 10.1. The predicted octanol–water partition coefficient (Wildman–Crippen LogP) is 4.05. The molecule has 0 saturated heterocycles. The number of hydrogen-bond acceptors (Lipinski definition) is 2. The van der Waals surface area contributed by atoms with Gasteiger partial charge in [0.15, 0.2) is 0 Å². The fraction of sp³-hybridized carbons (Fsp3) is 0.235. The number of aliphatic hydroxyl groups excluding tert-OH is 1. The minimum Gasteiger partial charge on any atom is -0.392 e. The van der Waals surface area contributed by atoms with Crippen LogP contribution in [0.25, 0.3) is 22.4 Å². The van der Waals surface area contributed by atoms with Crippen LogP contribution in [0.2, 0.25) is 5.02 Å². The minimum atomic E-state index is -0.454. The highest BCUT2D eigenvalue weighted by Crippen LogP contribution is 2.31. The lowest BCUT2D eigenvalue weighted by molar-refractivity contribution is 0.175. The Morgan fingerprint density at radius 2 is 1.95 bits per heavy atom. The summed E-state index contributed by atoms with van der Waals surface area (Å²) in [5.74, 6) is 0.797. The Balaban J connectivity index is 2.31. The van der Waals surface area contributed by atoms with Gasteiger partial charge in [-0.25, -0.2) is 4.98 Å². The molecule has 1 heterocycles. The highest BCUT2D eigenvalue weighted by Gasteiger charge is 2.16. The molecule has 2 aromatic carbocycles. The van der Waals surface area contributed by atoms with Crippen molar-refractivity contribution in [1.29, 1.82) is 0 Å². The lowest BCUT2D eigenvalue weighted by atomic mass is 10.2. The average Bonchev–Trinajstić information content (AvgIpc) is 2.79. The quantitative estimate of drug-likeness (QED) is 0.792. The summed E-state index contributed by atoms with van der Waals surface area (Å²) < 4.78 is 2.04. The number of nitrogens with zero attached hydrogens (tertiary/aromatic N) is 2. The number of aryl methyl sites for hydroxylation is 1. The van der Waals surface area contributed by atoms with Crippen LogP contribution >= 0.6 is 11.6 Å². The zero-order valence-corrected chi connectivity index (χ0v) is 12.8. The molecule has 1 unspecified atom stereocenters. The van der Waals surface area contributed by atoms with E-state index in [2.05, 4.69) is 0 Å². The van der Waals surface area contributed by atoms with Crippen molar-refractivity contribution >= 4 is 22.6 Å². The topological polar surface area (TPSA) is 38.0 Å². The van der Waals surface area contributed by atoms with E-state index in [-0.39, 0.29) is 0 Å². The summed E-state index contributed by atoms with van der Waals surface area (Å²) in [4.78, 5) is 4.76. The van der Waals surface area contributed by atoms with E-state index in [1.165, 1.54) is 0 Å². The van der Waals surface area contributed by atoms with Crippen LogP contribution in [0.15, 0.2) is 42.5 Å². The van der Waals surface area contributed by atoms with E-state index < -0.39 is 6.10 Å². The predicted molar refractivity (Wildman–Crippen MR) is 86.6 cm³/mol. The number of aromatic nitrogens is 2. The van der Waals surface area contributed by atoms with Crippen molar-refractivity contribution in [3.05, 3.63) is 53.1 Å². The molecular weight excluding hydrogens is 284 g/mol. The second-order valence-electron chi connectivity index (χ2n) is 5.32. The SMILES string of the molecule is Cc1cccc2c1nc(-c1ccccc1Cl)n2CC(C)O. The summed E-state index contributed by atoms with van der Waals surface area (Å²) in [6, 6.07) is 13.7. The highest BCUT2D eigenvalue weighted by atomic mass is 35.5. The Morgan fingerprint density at radius 3 is 2.67 bits per heavy atom. The van der Waals surface area contributed by atoms with Crippen LogP contribution in [-0.4, -0.2) is 20.8 Å². The van der Waals surface area contributed by atoms with Crippen molar-refractivity contribution < 1.29 is 5.11 Å². The fourth-order valence-electron chi connectivity index (χ4n) is 2.58. The molecule has 1 N–H and O–H groups in total. The molecule has 0 aliphatic carbocycles. The molecule has 1 atom stereocenters. The molecule has 0 spiro atoms. The Morgan fingerprint density at radius 1 is 1.19 bits per heavy atom. The van der Waals surface area contributed by atoms with Crippen LogP contribution < -0.4 is 0 Å². The number of hydrogen-bond donors (Lipinski definition) is 1. The number of benzene rings is 2. The lowest BCUT2D eigenvalue weighted by Gasteiger charge is -2.12. The fourth-order valence-corrected chi connectivity index (χ4v) is 2.80. The molecule has 0 aliphatic heterocycles. The van der Waals surface area contributed by atoms with Gasteiger partial charge in [0.2, 0.25) is 0 Å². The molecule has 0 saturated carbocycles. The Hall–Kier alpha value is -1.84. The van der Waals surface area contributed by atoms with Crippen molar-refractivity contribution in [2.45, 2.75) is 26.5 Å². The standard InChI is InChI=1S/C17H17ClN2O/c1-11-6-5-9-15-16(11)19-17(20(15)10-12(2)21)13-7-3-4-8-14(13)18/h3-9,12,21H,10H2,1-2H3.